The van der Waals surface area contributed by atoms with Gasteiger partial charge >= 0.3 is 0 Å². The Kier molecular flexibility index (Phi) is 15.3. The van der Waals surface area contributed by atoms with Crippen molar-refractivity contribution in [2.45, 2.75) is 0 Å². The first-order chi connectivity index (χ1) is 28.3. The number of para-hydroxylation sites is 3. The van der Waals surface area contributed by atoms with Gasteiger partial charge in [0.1, 0.15) is 0 Å². The first-order valence-corrected chi connectivity index (χ1v) is 18.6. The molecule has 0 saturated carbocycles. The van der Waals surface area contributed by atoms with Crippen LogP contribution in [0.25, 0.3) is 77.9 Å². The summed E-state index contributed by atoms with van der Waals surface area (Å²) in [6.07, 6.45) is 3.58. The molecule has 5 heterocycles. The van der Waals surface area contributed by atoms with E-state index in [1.807, 2.05) is 164 Å². The molecule has 7 heteroatoms. The van der Waals surface area contributed by atoms with Gasteiger partial charge in [-0.25, -0.2) is 5.69 Å². The molecule has 6 aromatic carbocycles. The summed E-state index contributed by atoms with van der Waals surface area (Å²) in [7, 11) is 0. The van der Waals surface area contributed by atoms with E-state index in [2.05, 4.69) is 79.5 Å². The van der Waals surface area contributed by atoms with E-state index < -0.39 is 0 Å². The summed E-state index contributed by atoms with van der Waals surface area (Å²) >= 11 is 0. The summed E-state index contributed by atoms with van der Waals surface area (Å²) in [5.41, 5.74) is 11.1. The molecule has 0 atom stereocenters. The van der Waals surface area contributed by atoms with Crippen molar-refractivity contribution in [1.82, 2.24) is 24.9 Å². The molecule has 0 aliphatic heterocycles. The molecule has 59 heavy (non-hydrogen) atoms. The van der Waals surface area contributed by atoms with Gasteiger partial charge < -0.3 is 24.9 Å². The monoisotopic (exact) mass is 1120 g/mol. The van der Waals surface area contributed by atoms with E-state index in [9.17, 15) is 0 Å². The molecule has 0 unspecified atom stereocenters. The number of hydrogen-bond acceptors (Lipinski definition) is 2. The van der Waals surface area contributed by atoms with Gasteiger partial charge in [0.05, 0.1) is 0 Å². The van der Waals surface area contributed by atoms with Crippen molar-refractivity contribution >= 4 is 32.7 Å². The molecule has 11 rings (SSSR count). The molecule has 5 aromatic heterocycles. The quantitative estimate of drug-likeness (QED) is 0.164. The van der Waals surface area contributed by atoms with Crippen LogP contribution in [0, 0.1) is 18.2 Å². The Labute approximate surface area is 373 Å². The zero-order valence-corrected chi connectivity index (χ0v) is 36.1. The van der Waals surface area contributed by atoms with E-state index in [1.54, 1.807) is 12.4 Å². The summed E-state index contributed by atoms with van der Waals surface area (Å²) in [4.78, 5) is 22.2. The average molecular weight is 1120 g/mol. The third-order valence-corrected chi connectivity index (χ3v) is 8.96. The molecular formula is C52H35N5Pt2-6. The van der Waals surface area contributed by atoms with Crippen LogP contribution in [0.5, 0.6) is 0 Å². The predicted molar refractivity (Wildman–Crippen MR) is 232 cm³/mol. The van der Waals surface area contributed by atoms with Crippen molar-refractivity contribution in [2.75, 3.05) is 0 Å². The van der Waals surface area contributed by atoms with Crippen LogP contribution < -0.4 is 15.0 Å². The van der Waals surface area contributed by atoms with Crippen molar-refractivity contribution in [1.29, 1.82) is 0 Å². The van der Waals surface area contributed by atoms with E-state index in [0.717, 1.165) is 61.7 Å². The van der Waals surface area contributed by atoms with Crippen LogP contribution in [0.4, 0.5) is 0 Å². The zero-order valence-electron chi connectivity index (χ0n) is 31.6. The summed E-state index contributed by atoms with van der Waals surface area (Å²) in [6.45, 7) is 0. The van der Waals surface area contributed by atoms with Crippen LogP contribution in [0.1, 0.15) is 0 Å². The van der Waals surface area contributed by atoms with Crippen LogP contribution in [0.3, 0.4) is 0 Å². The van der Waals surface area contributed by atoms with E-state index in [0.29, 0.717) is 0 Å². The van der Waals surface area contributed by atoms with Crippen LogP contribution in [0.15, 0.2) is 213 Å². The minimum atomic E-state index is 0. The van der Waals surface area contributed by atoms with Crippen molar-refractivity contribution in [3.63, 3.8) is 0 Å². The maximum Gasteiger partial charge on any atom is 0.0160 e. The number of rotatable bonds is 4. The van der Waals surface area contributed by atoms with Gasteiger partial charge in [0, 0.05) is 54.5 Å². The van der Waals surface area contributed by atoms with Crippen molar-refractivity contribution in [3.05, 3.63) is 231 Å². The molecule has 294 valence electrons. The van der Waals surface area contributed by atoms with Gasteiger partial charge in [-0.05, 0) is 34.3 Å². The normalized spacial score (nSPS) is 10.1. The molecule has 0 amide bonds. The van der Waals surface area contributed by atoms with E-state index in [-0.39, 0.29) is 42.1 Å². The molecule has 0 bridgehead atoms. The van der Waals surface area contributed by atoms with Crippen LogP contribution in [-0.2, 0) is 42.1 Å². The summed E-state index contributed by atoms with van der Waals surface area (Å²) in [5.74, 6) is 0. The predicted octanol–water partition coefficient (Wildman–Crippen LogP) is 11.9. The molecule has 11 aromatic rings. The smallest absolute Gasteiger partial charge is 0.0160 e. The molecule has 0 saturated heterocycles. The van der Waals surface area contributed by atoms with Crippen LogP contribution in [0.2, 0.25) is 0 Å². The van der Waals surface area contributed by atoms with Gasteiger partial charge in [-0.3, -0.25) is 0 Å². The second-order valence-electron chi connectivity index (χ2n) is 12.9. The third kappa shape index (κ3) is 11.2. The first kappa shape index (κ1) is 42.2. The van der Waals surface area contributed by atoms with Gasteiger partial charge in [-0.1, -0.05) is 115 Å². The fourth-order valence-electron chi connectivity index (χ4n) is 6.16. The van der Waals surface area contributed by atoms with Crippen molar-refractivity contribution in [2.24, 2.45) is 0 Å². The molecule has 0 fully saturated rings. The minimum absolute atomic E-state index is 0. The summed E-state index contributed by atoms with van der Waals surface area (Å²) < 4.78 is 0. The first-order valence-electron chi connectivity index (χ1n) is 18.6. The Balaban J connectivity index is 0.000000133. The fraction of sp³-hybridized carbons (Fsp3) is 0. The van der Waals surface area contributed by atoms with Gasteiger partial charge in [-0.2, -0.15) is 17.0 Å². The number of pyridine rings is 2. The summed E-state index contributed by atoms with van der Waals surface area (Å²) in [6, 6.07) is 75.5. The molecular weight excluding hydrogens is 1080 g/mol. The number of benzene rings is 6. The van der Waals surface area contributed by atoms with Gasteiger partial charge in [0.2, 0.25) is 0 Å². The Morgan fingerprint density at radius 3 is 1.02 bits per heavy atom. The largest absolute Gasteiger partial charge is 0.701 e. The Morgan fingerprint density at radius 2 is 0.661 bits per heavy atom. The van der Waals surface area contributed by atoms with Crippen molar-refractivity contribution < 1.29 is 42.1 Å². The SMILES string of the molecule is [Pt].[Pt].[c-]1ccccc1-c1cc2ccccc2[n-]1.[c-]1ccccc1-c1ccccn1.[c-]1ccccc1-c1ccccn1.c1ccc2[n-]c(-c3cc4ccccc4[n-]3)cc2c1. The Bertz CT molecular complexity index is 2570. The molecule has 0 aliphatic rings. The van der Waals surface area contributed by atoms with E-state index in [4.69, 9.17) is 0 Å². The molecule has 0 radical (unpaired) electrons. The summed E-state index contributed by atoms with van der Waals surface area (Å²) in [5, 5.41) is 3.52. The molecule has 0 N–H and O–H groups in total. The number of hydrogen-bond donors (Lipinski definition) is 0. The Morgan fingerprint density at radius 1 is 0.322 bits per heavy atom. The standard InChI is InChI=1S/C16H10N2.C14H9N.2C11H8N.2Pt/c1-3-7-13-11(5-1)9-15(17-13)16-10-12-6-2-4-8-14(12)18-16;1-2-6-11(7-3-1)14-10-12-8-4-5-9-13(12)15-14;2*1-2-6-10(7-3-1)11-8-4-5-9-12-11;;/h1-10H;1-6,8-10H;2*1-6,8-9H;;/q2*-2;2*-1;;. The second kappa shape index (κ2) is 21.4. The second-order valence-corrected chi connectivity index (χ2v) is 12.9. The maximum absolute atomic E-state index is 4.62. The number of nitrogens with zero attached hydrogens (tertiary/aromatic N) is 5. The van der Waals surface area contributed by atoms with E-state index in [1.165, 1.54) is 16.2 Å². The van der Waals surface area contributed by atoms with Crippen molar-refractivity contribution in [3.8, 4) is 45.2 Å². The van der Waals surface area contributed by atoms with Gasteiger partial charge in [0.25, 0.3) is 0 Å². The number of aromatic nitrogens is 5. The van der Waals surface area contributed by atoms with Crippen LogP contribution >= 0.6 is 0 Å². The van der Waals surface area contributed by atoms with E-state index >= 15 is 0 Å². The van der Waals surface area contributed by atoms with Crippen LogP contribution in [-0.4, -0.2) is 9.97 Å². The number of fused-ring (bicyclic) bond motifs is 3. The topological polar surface area (TPSA) is 68.1 Å². The maximum atomic E-state index is 4.62. The van der Waals surface area contributed by atoms with Gasteiger partial charge in [-0.15, -0.1) is 125 Å². The molecule has 5 nitrogen and oxygen atoms in total. The fourth-order valence-corrected chi connectivity index (χ4v) is 6.16. The molecule has 0 aliphatic carbocycles. The minimum Gasteiger partial charge on any atom is -0.701 e. The zero-order chi connectivity index (χ0) is 38.5. The Hall–Kier alpha value is -6.38. The molecule has 0 spiro atoms. The third-order valence-electron chi connectivity index (χ3n) is 8.96. The van der Waals surface area contributed by atoms with Gasteiger partial charge in [0.15, 0.2) is 0 Å². The average Bonchev–Trinajstić information content (AvgIpc) is 4.06.